The van der Waals surface area contributed by atoms with Gasteiger partial charge >= 0.3 is 5.97 Å². The second-order valence-electron chi connectivity index (χ2n) is 3.10. The number of aromatic nitrogens is 2. The maximum absolute atomic E-state index is 10.5. The minimum absolute atomic E-state index is 0.171. The Kier molecular flexibility index (Phi) is 1.60. The number of imidazole rings is 1. The number of hydrogen-bond donors (Lipinski definition) is 1. The normalized spacial score (nSPS) is 20.8. The average Bonchev–Trinajstić information content (AvgIpc) is 2.52. The molecule has 0 saturated carbocycles. The number of aryl methyl sites for hydroxylation is 1. The van der Waals surface area contributed by atoms with E-state index in [4.69, 9.17) is 5.11 Å². The second-order valence-corrected chi connectivity index (χ2v) is 3.10. The number of nitrogens with zero attached hydrogens (tertiary/aromatic N) is 2. The third kappa shape index (κ3) is 1.09. The lowest BCUT2D eigenvalue weighted by Crippen LogP contribution is -2.02. The molecule has 0 bridgehead atoms. The Morgan fingerprint density at radius 1 is 1.83 bits per heavy atom. The molecule has 1 aliphatic rings. The van der Waals surface area contributed by atoms with Gasteiger partial charge in [-0.2, -0.15) is 0 Å². The van der Waals surface area contributed by atoms with E-state index in [0.717, 1.165) is 18.7 Å². The molecule has 2 rings (SSSR count). The van der Waals surface area contributed by atoms with E-state index in [0.29, 0.717) is 0 Å². The van der Waals surface area contributed by atoms with Crippen LogP contribution in [0.3, 0.4) is 0 Å². The Morgan fingerprint density at radius 2 is 2.67 bits per heavy atom. The zero-order valence-corrected chi connectivity index (χ0v) is 6.60. The van der Waals surface area contributed by atoms with Gasteiger partial charge in [-0.05, 0) is 6.42 Å². The summed E-state index contributed by atoms with van der Waals surface area (Å²) in [5.41, 5.74) is 1.07. The third-order valence-corrected chi connectivity index (χ3v) is 2.30. The Balaban J connectivity index is 2.17. The zero-order chi connectivity index (χ0) is 8.55. The SMILES string of the molecule is O=C(O)CC1CCn2cncc21. The van der Waals surface area contributed by atoms with Crippen molar-refractivity contribution < 1.29 is 9.90 Å². The van der Waals surface area contributed by atoms with Gasteiger partial charge in [0, 0.05) is 24.4 Å². The summed E-state index contributed by atoms with van der Waals surface area (Å²) in [7, 11) is 0. The Bertz CT molecular complexity index is 306. The fourth-order valence-electron chi connectivity index (χ4n) is 1.72. The molecule has 0 aromatic carbocycles. The fraction of sp³-hybridized carbons (Fsp3) is 0.500. The standard InChI is InChI=1S/C8H10N2O2/c11-8(12)3-6-1-2-10-5-9-4-7(6)10/h4-6H,1-3H2,(H,11,12). The van der Waals surface area contributed by atoms with Crippen LogP contribution in [-0.2, 0) is 11.3 Å². The monoisotopic (exact) mass is 166 g/mol. The van der Waals surface area contributed by atoms with Crippen molar-refractivity contribution in [1.82, 2.24) is 9.55 Å². The Labute approximate surface area is 69.8 Å². The van der Waals surface area contributed by atoms with Gasteiger partial charge in [0.05, 0.1) is 12.7 Å². The van der Waals surface area contributed by atoms with Crippen molar-refractivity contribution in [3.05, 3.63) is 18.2 Å². The van der Waals surface area contributed by atoms with Crippen molar-refractivity contribution >= 4 is 5.97 Å². The summed E-state index contributed by atoms with van der Waals surface area (Å²) in [5.74, 6) is -0.556. The predicted molar refractivity (Wildman–Crippen MR) is 41.8 cm³/mol. The molecule has 4 nitrogen and oxygen atoms in total. The predicted octanol–water partition coefficient (Wildman–Crippen LogP) is 0.845. The maximum atomic E-state index is 10.5. The van der Waals surface area contributed by atoms with Crippen molar-refractivity contribution in [2.45, 2.75) is 25.3 Å². The van der Waals surface area contributed by atoms with Crippen LogP contribution in [0.1, 0.15) is 24.5 Å². The maximum Gasteiger partial charge on any atom is 0.304 e. The number of hydrogen-bond acceptors (Lipinski definition) is 2. The van der Waals surface area contributed by atoms with Crippen LogP contribution in [0.15, 0.2) is 12.5 Å². The van der Waals surface area contributed by atoms with Crippen LogP contribution < -0.4 is 0 Å². The molecule has 1 atom stereocenters. The highest BCUT2D eigenvalue weighted by molar-refractivity contribution is 5.68. The van der Waals surface area contributed by atoms with E-state index in [1.165, 1.54) is 0 Å². The van der Waals surface area contributed by atoms with Gasteiger partial charge < -0.3 is 9.67 Å². The first-order valence-electron chi connectivity index (χ1n) is 3.99. The lowest BCUT2D eigenvalue weighted by Gasteiger charge is -2.03. The minimum Gasteiger partial charge on any atom is -0.481 e. The van der Waals surface area contributed by atoms with Gasteiger partial charge in [0.2, 0.25) is 0 Å². The summed E-state index contributed by atoms with van der Waals surface area (Å²) < 4.78 is 2.02. The average molecular weight is 166 g/mol. The van der Waals surface area contributed by atoms with Crippen molar-refractivity contribution in [1.29, 1.82) is 0 Å². The number of aliphatic carboxylic acids is 1. The van der Waals surface area contributed by atoms with Crippen LogP contribution in [-0.4, -0.2) is 20.6 Å². The third-order valence-electron chi connectivity index (χ3n) is 2.30. The molecule has 2 heterocycles. The van der Waals surface area contributed by atoms with Crippen molar-refractivity contribution in [2.75, 3.05) is 0 Å². The first-order valence-corrected chi connectivity index (χ1v) is 3.99. The Hall–Kier alpha value is -1.32. The van der Waals surface area contributed by atoms with Crippen LogP contribution in [0.5, 0.6) is 0 Å². The minimum atomic E-state index is -0.727. The highest BCUT2D eigenvalue weighted by Crippen LogP contribution is 2.29. The molecule has 1 aromatic rings. The molecular weight excluding hydrogens is 156 g/mol. The van der Waals surface area contributed by atoms with E-state index >= 15 is 0 Å². The molecule has 1 aromatic heterocycles. The summed E-state index contributed by atoms with van der Waals surface area (Å²) in [5, 5.41) is 8.61. The van der Waals surface area contributed by atoms with Crippen LogP contribution in [0, 0.1) is 0 Å². The molecule has 0 fully saturated rings. The smallest absolute Gasteiger partial charge is 0.304 e. The van der Waals surface area contributed by atoms with E-state index < -0.39 is 5.97 Å². The molecule has 1 N–H and O–H groups in total. The molecule has 64 valence electrons. The van der Waals surface area contributed by atoms with E-state index in [9.17, 15) is 4.79 Å². The van der Waals surface area contributed by atoms with Crippen LogP contribution >= 0.6 is 0 Å². The second kappa shape index (κ2) is 2.62. The van der Waals surface area contributed by atoms with Gasteiger partial charge in [-0.3, -0.25) is 4.79 Å². The molecule has 4 heteroatoms. The van der Waals surface area contributed by atoms with Gasteiger partial charge in [-0.25, -0.2) is 4.98 Å². The highest BCUT2D eigenvalue weighted by atomic mass is 16.4. The quantitative estimate of drug-likeness (QED) is 0.708. The lowest BCUT2D eigenvalue weighted by atomic mass is 10.0. The van der Waals surface area contributed by atoms with Gasteiger partial charge in [-0.1, -0.05) is 0 Å². The van der Waals surface area contributed by atoms with Crippen LogP contribution in [0.25, 0.3) is 0 Å². The van der Waals surface area contributed by atoms with Gasteiger partial charge in [0.1, 0.15) is 0 Å². The molecule has 0 saturated heterocycles. The Morgan fingerprint density at radius 3 is 3.42 bits per heavy atom. The van der Waals surface area contributed by atoms with Crippen molar-refractivity contribution in [2.24, 2.45) is 0 Å². The molecule has 0 amide bonds. The topological polar surface area (TPSA) is 55.1 Å². The molecule has 0 radical (unpaired) electrons. The first kappa shape index (κ1) is 7.34. The summed E-state index contributed by atoms with van der Waals surface area (Å²) in [6, 6.07) is 0. The highest BCUT2D eigenvalue weighted by Gasteiger charge is 2.24. The summed E-state index contributed by atoms with van der Waals surface area (Å²) in [6.07, 6.45) is 4.69. The van der Waals surface area contributed by atoms with Gasteiger partial charge in [0.25, 0.3) is 0 Å². The molecule has 0 spiro atoms. The zero-order valence-electron chi connectivity index (χ0n) is 6.60. The van der Waals surface area contributed by atoms with Gasteiger partial charge in [-0.15, -0.1) is 0 Å². The van der Waals surface area contributed by atoms with Crippen molar-refractivity contribution in [3.8, 4) is 0 Å². The number of carbonyl (C=O) groups is 1. The molecular formula is C8H10N2O2. The summed E-state index contributed by atoms with van der Waals surface area (Å²) in [6.45, 7) is 0.910. The van der Waals surface area contributed by atoms with Crippen LogP contribution in [0.4, 0.5) is 0 Å². The summed E-state index contributed by atoms with van der Waals surface area (Å²) in [4.78, 5) is 14.4. The first-order chi connectivity index (χ1) is 5.77. The van der Waals surface area contributed by atoms with Gasteiger partial charge in [0.15, 0.2) is 0 Å². The molecule has 1 aliphatic heterocycles. The summed E-state index contributed by atoms with van der Waals surface area (Å²) >= 11 is 0. The number of fused-ring (bicyclic) bond motifs is 1. The lowest BCUT2D eigenvalue weighted by molar-refractivity contribution is -0.137. The number of rotatable bonds is 2. The van der Waals surface area contributed by atoms with E-state index in [-0.39, 0.29) is 12.3 Å². The fourth-order valence-corrected chi connectivity index (χ4v) is 1.72. The number of carboxylic acids is 1. The molecule has 1 unspecified atom stereocenters. The molecule has 12 heavy (non-hydrogen) atoms. The largest absolute Gasteiger partial charge is 0.481 e. The van der Waals surface area contributed by atoms with E-state index in [2.05, 4.69) is 4.98 Å². The van der Waals surface area contributed by atoms with E-state index in [1.54, 1.807) is 12.5 Å². The van der Waals surface area contributed by atoms with Crippen LogP contribution in [0.2, 0.25) is 0 Å². The van der Waals surface area contributed by atoms with Crippen molar-refractivity contribution in [3.63, 3.8) is 0 Å². The van der Waals surface area contributed by atoms with E-state index in [1.807, 2.05) is 4.57 Å². The molecule has 0 aliphatic carbocycles. The number of carboxylic acid groups (broad SMARTS) is 1.